The molecular weight excluding hydrogens is 212 g/mol. The Morgan fingerprint density at radius 3 is 3.00 bits per heavy atom. The Morgan fingerprint density at radius 2 is 2.33 bits per heavy atom. The van der Waals surface area contributed by atoms with Crippen molar-refractivity contribution in [2.75, 3.05) is 18.4 Å². The van der Waals surface area contributed by atoms with Gasteiger partial charge in [-0.25, -0.2) is 0 Å². The molecule has 1 rings (SSSR count). The quantitative estimate of drug-likeness (QED) is 0.594. The minimum atomic E-state index is -0.0980. The molecule has 0 fully saturated rings. The van der Waals surface area contributed by atoms with Gasteiger partial charge < -0.3 is 10.6 Å². The van der Waals surface area contributed by atoms with E-state index < -0.39 is 0 Å². The maximum absolute atomic E-state index is 11.3. The molecule has 3 nitrogen and oxygen atoms in total. The van der Waals surface area contributed by atoms with Crippen LogP contribution in [0.4, 0.5) is 5.69 Å². The molecule has 0 unspecified atom stereocenters. The molecule has 0 radical (unpaired) electrons. The average Bonchev–Trinajstić information content (AvgIpc) is 2.18. The zero-order valence-corrected chi connectivity index (χ0v) is 9.05. The summed E-state index contributed by atoms with van der Waals surface area (Å²) < 4.78 is 0. The summed E-state index contributed by atoms with van der Waals surface area (Å²) in [6, 6.07) is 7.03. The van der Waals surface area contributed by atoms with Crippen LogP contribution in [0.25, 0.3) is 0 Å². The van der Waals surface area contributed by atoms with E-state index >= 15 is 0 Å². The van der Waals surface area contributed by atoms with Gasteiger partial charge in [-0.1, -0.05) is 23.7 Å². The first-order chi connectivity index (χ1) is 7.22. The number of nitrogens with one attached hydrogen (secondary N) is 2. The summed E-state index contributed by atoms with van der Waals surface area (Å²) in [5.41, 5.74) is 0.702. The molecular formula is C11H13ClN2O. The first-order valence-electron chi connectivity index (χ1n) is 4.59. The summed E-state index contributed by atoms with van der Waals surface area (Å²) in [5.74, 6) is -0.0980. The van der Waals surface area contributed by atoms with Crippen molar-refractivity contribution in [1.82, 2.24) is 5.32 Å². The van der Waals surface area contributed by atoms with E-state index in [0.29, 0.717) is 17.3 Å². The van der Waals surface area contributed by atoms with Crippen LogP contribution in [0.3, 0.4) is 0 Å². The SMILES string of the molecule is C=CCNCC(=O)Nc1cccc(Cl)c1. The van der Waals surface area contributed by atoms with Gasteiger partial charge in [-0.3, -0.25) is 4.79 Å². The second-order valence-corrected chi connectivity index (χ2v) is 3.41. The number of halogens is 1. The number of amides is 1. The third-order valence-corrected chi connectivity index (χ3v) is 1.92. The van der Waals surface area contributed by atoms with Crippen LogP contribution in [-0.2, 0) is 4.79 Å². The van der Waals surface area contributed by atoms with E-state index in [1.807, 2.05) is 0 Å². The van der Waals surface area contributed by atoms with Crippen molar-refractivity contribution >= 4 is 23.2 Å². The van der Waals surface area contributed by atoms with E-state index in [0.717, 1.165) is 0 Å². The molecule has 0 aromatic heterocycles. The van der Waals surface area contributed by atoms with Crippen molar-refractivity contribution in [3.8, 4) is 0 Å². The number of benzene rings is 1. The van der Waals surface area contributed by atoms with E-state index in [-0.39, 0.29) is 12.5 Å². The summed E-state index contributed by atoms with van der Waals surface area (Å²) in [6.07, 6.45) is 1.70. The van der Waals surface area contributed by atoms with Crippen LogP contribution in [0.15, 0.2) is 36.9 Å². The van der Waals surface area contributed by atoms with Gasteiger partial charge in [0.15, 0.2) is 0 Å². The molecule has 0 aliphatic rings. The average molecular weight is 225 g/mol. The fourth-order valence-electron chi connectivity index (χ4n) is 1.06. The zero-order valence-electron chi connectivity index (χ0n) is 8.29. The summed E-state index contributed by atoms with van der Waals surface area (Å²) in [5, 5.41) is 6.23. The predicted octanol–water partition coefficient (Wildman–Crippen LogP) is 2.05. The highest BCUT2D eigenvalue weighted by molar-refractivity contribution is 6.30. The molecule has 0 aliphatic heterocycles. The minimum absolute atomic E-state index is 0.0980. The van der Waals surface area contributed by atoms with Crippen LogP contribution < -0.4 is 10.6 Å². The monoisotopic (exact) mass is 224 g/mol. The summed E-state index contributed by atoms with van der Waals surface area (Å²) in [6.45, 7) is 4.42. The molecule has 0 heterocycles. The van der Waals surface area contributed by atoms with Crippen LogP contribution >= 0.6 is 11.6 Å². The van der Waals surface area contributed by atoms with Gasteiger partial charge in [0.05, 0.1) is 6.54 Å². The van der Waals surface area contributed by atoms with Crippen LogP contribution in [0.2, 0.25) is 5.02 Å². The number of carbonyl (C=O) groups excluding carboxylic acids is 1. The van der Waals surface area contributed by atoms with Crippen molar-refractivity contribution in [2.45, 2.75) is 0 Å². The zero-order chi connectivity index (χ0) is 11.1. The Hall–Kier alpha value is -1.32. The maximum Gasteiger partial charge on any atom is 0.238 e. The largest absolute Gasteiger partial charge is 0.325 e. The highest BCUT2D eigenvalue weighted by Crippen LogP contribution is 2.14. The Balaban J connectivity index is 2.40. The lowest BCUT2D eigenvalue weighted by Crippen LogP contribution is -2.28. The molecule has 1 aromatic rings. The predicted molar refractivity (Wildman–Crippen MR) is 63.1 cm³/mol. The van der Waals surface area contributed by atoms with Gasteiger partial charge in [0, 0.05) is 17.3 Å². The third kappa shape index (κ3) is 4.63. The number of anilines is 1. The number of carbonyl (C=O) groups is 1. The van der Waals surface area contributed by atoms with Gasteiger partial charge in [-0.05, 0) is 18.2 Å². The van der Waals surface area contributed by atoms with E-state index in [2.05, 4.69) is 17.2 Å². The standard InChI is InChI=1S/C11H13ClN2O/c1-2-6-13-8-11(15)14-10-5-3-4-9(12)7-10/h2-5,7,13H,1,6,8H2,(H,14,15). The Morgan fingerprint density at radius 1 is 1.53 bits per heavy atom. The van der Waals surface area contributed by atoms with E-state index in [4.69, 9.17) is 11.6 Å². The lowest BCUT2D eigenvalue weighted by molar-refractivity contribution is -0.115. The van der Waals surface area contributed by atoms with Crippen LogP contribution in [-0.4, -0.2) is 19.0 Å². The first kappa shape index (κ1) is 11.8. The Bertz CT molecular complexity index is 352. The van der Waals surface area contributed by atoms with Crippen molar-refractivity contribution in [3.63, 3.8) is 0 Å². The minimum Gasteiger partial charge on any atom is -0.325 e. The molecule has 80 valence electrons. The van der Waals surface area contributed by atoms with Crippen molar-refractivity contribution in [3.05, 3.63) is 41.9 Å². The van der Waals surface area contributed by atoms with Crippen molar-refractivity contribution < 1.29 is 4.79 Å². The summed E-state index contributed by atoms with van der Waals surface area (Å²) in [7, 11) is 0. The lowest BCUT2D eigenvalue weighted by atomic mass is 10.3. The van der Waals surface area contributed by atoms with Crippen LogP contribution in [0.1, 0.15) is 0 Å². The number of hydrogen-bond donors (Lipinski definition) is 2. The highest BCUT2D eigenvalue weighted by atomic mass is 35.5. The van der Waals surface area contributed by atoms with Crippen molar-refractivity contribution in [1.29, 1.82) is 0 Å². The highest BCUT2D eigenvalue weighted by Gasteiger charge is 2.00. The van der Waals surface area contributed by atoms with Crippen LogP contribution in [0, 0.1) is 0 Å². The Labute approximate surface area is 94.1 Å². The molecule has 1 amide bonds. The second kappa shape index (κ2) is 6.22. The van der Waals surface area contributed by atoms with E-state index in [1.54, 1.807) is 30.3 Å². The second-order valence-electron chi connectivity index (χ2n) is 2.98. The van der Waals surface area contributed by atoms with Gasteiger partial charge >= 0.3 is 0 Å². The molecule has 0 aliphatic carbocycles. The smallest absolute Gasteiger partial charge is 0.238 e. The molecule has 0 spiro atoms. The van der Waals surface area contributed by atoms with Gasteiger partial charge in [-0.2, -0.15) is 0 Å². The molecule has 0 atom stereocenters. The number of hydrogen-bond acceptors (Lipinski definition) is 2. The molecule has 2 N–H and O–H groups in total. The van der Waals surface area contributed by atoms with Crippen LogP contribution in [0.5, 0.6) is 0 Å². The fourth-order valence-corrected chi connectivity index (χ4v) is 1.25. The number of rotatable bonds is 5. The molecule has 15 heavy (non-hydrogen) atoms. The fraction of sp³-hybridized carbons (Fsp3) is 0.182. The summed E-state index contributed by atoms with van der Waals surface area (Å²) >= 11 is 5.77. The van der Waals surface area contributed by atoms with Gasteiger partial charge in [-0.15, -0.1) is 6.58 Å². The Kier molecular flexibility index (Phi) is 4.87. The molecule has 0 saturated heterocycles. The topological polar surface area (TPSA) is 41.1 Å². The molecule has 4 heteroatoms. The molecule has 1 aromatic carbocycles. The van der Waals surface area contributed by atoms with Gasteiger partial charge in [0.25, 0.3) is 0 Å². The summed E-state index contributed by atoms with van der Waals surface area (Å²) in [4.78, 5) is 11.3. The maximum atomic E-state index is 11.3. The first-order valence-corrected chi connectivity index (χ1v) is 4.97. The molecule has 0 saturated carbocycles. The van der Waals surface area contributed by atoms with Gasteiger partial charge in [0.1, 0.15) is 0 Å². The lowest BCUT2D eigenvalue weighted by Gasteiger charge is -2.05. The third-order valence-electron chi connectivity index (χ3n) is 1.68. The van der Waals surface area contributed by atoms with Gasteiger partial charge in [0.2, 0.25) is 5.91 Å². The van der Waals surface area contributed by atoms with E-state index in [9.17, 15) is 4.79 Å². The molecule has 0 bridgehead atoms. The van der Waals surface area contributed by atoms with Crippen molar-refractivity contribution in [2.24, 2.45) is 0 Å². The normalized spacial score (nSPS) is 9.67. The van der Waals surface area contributed by atoms with E-state index in [1.165, 1.54) is 0 Å².